The first-order valence-corrected chi connectivity index (χ1v) is 4.36. The molecule has 0 saturated carbocycles. The predicted octanol–water partition coefficient (Wildman–Crippen LogP) is -1.53. The maximum atomic E-state index is 11.4. The summed E-state index contributed by atoms with van der Waals surface area (Å²) in [5.74, 6) is -1.41. The molecule has 0 saturated heterocycles. The molecule has 0 aromatic rings. The fraction of sp³-hybridized carbons (Fsp3) is 0.750. The molecule has 6 nitrogen and oxygen atoms in total. The lowest BCUT2D eigenvalue weighted by Crippen LogP contribution is -2.44. The minimum atomic E-state index is -1.06. The van der Waals surface area contributed by atoms with Crippen molar-refractivity contribution >= 4 is 11.9 Å². The van der Waals surface area contributed by atoms with Crippen molar-refractivity contribution in [1.82, 2.24) is 10.2 Å². The Bertz CT molecular complexity index is 208. The van der Waals surface area contributed by atoms with E-state index in [2.05, 4.69) is 5.32 Å². The maximum absolute atomic E-state index is 11.4. The third-order valence-electron chi connectivity index (χ3n) is 1.79. The summed E-state index contributed by atoms with van der Waals surface area (Å²) in [6.07, 6.45) is -0.331. The number of carboxylic acid groups (broad SMARTS) is 1. The van der Waals surface area contributed by atoms with E-state index in [1.807, 2.05) is 0 Å². The molecule has 0 aliphatic carbocycles. The number of nitrogens with two attached hydrogens (primary N) is 1. The SMILES string of the molecule is CNCCN(C)C(=O)C(N)CC(=O)O. The maximum Gasteiger partial charge on any atom is 0.305 e. The van der Waals surface area contributed by atoms with Crippen molar-refractivity contribution in [2.75, 3.05) is 27.2 Å². The van der Waals surface area contributed by atoms with Crippen LogP contribution in [0.3, 0.4) is 0 Å². The van der Waals surface area contributed by atoms with E-state index in [0.29, 0.717) is 13.1 Å². The van der Waals surface area contributed by atoms with Gasteiger partial charge in [-0.25, -0.2) is 0 Å². The van der Waals surface area contributed by atoms with Crippen molar-refractivity contribution < 1.29 is 14.7 Å². The van der Waals surface area contributed by atoms with Crippen LogP contribution < -0.4 is 11.1 Å². The van der Waals surface area contributed by atoms with E-state index < -0.39 is 12.0 Å². The van der Waals surface area contributed by atoms with Gasteiger partial charge in [0.25, 0.3) is 0 Å². The lowest BCUT2D eigenvalue weighted by atomic mass is 10.2. The number of nitrogens with one attached hydrogen (secondary N) is 1. The molecular formula is C8H17N3O3. The van der Waals surface area contributed by atoms with Crippen LogP contribution in [0.1, 0.15) is 6.42 Å². The van der Waals surface area contributed by atoms with Gasteiger partial charge in [0.2, 0.25) is 5.91 Å². The summed E-state index contributed by atoms with van der Waals surface area (Å²) in [5.41, 5.74) is 5.40. The average Bonchev–Trinajstić information content (AvgIpc) is 2.11. The Balaban J connectivity index is 3.97. The van der Waals surface area contributed by atoms with Gasteiger partial charge in [0.1, 0.15) is 0 Å². The summed E-state index contributed by atoms with van der Waals surface area (Å²) in [5, 5.41) is 11.3. The predicted molar refractivity (Wildman–Crippen MR) is 51.8 cm³/mol. The van der Waals surface area contributed by atoms with Gasteiger partial charge in [-0.3, -0.25) is 9.59 Å². The van der Waals surface area contributed by atoms with E-state index >= 15 is 0 Å². The van der Waals surface area contributed by atoms with E-state index in [1.165, 1.54) is 4.90 Å². The Kier molecular flexibility index (Phi) is 5.82. The molecule has 0 heterocycles. The largest absolute Gasteiger partial charge is 0.481 e. The second-order valence-corrected chi connectivity index (χ2v) is 3.07. The number of carbonyl (C=O) groups excluding carboxylic acids is 1. The number of carbonyl (C=O) groups is 2. The van der Waals surface area contributed by atoms with Gasteiger partial charge in [0.05, 0.1) is 12.5 Å². The Morgan fingerprint density at radius 2 is 2.14 bits per heavy atom. The highest BCUT2D eigenvalue weighted by molar-refractivity contribution is 5.85. The molecule has 0 aliphatic rings. The number of hydrogen-bond donors (Lipinski definition) is 3. The van der Waals surface area contributed by atoms with Gasteiger partial charge in [-0.15, -0.1) is 0 Å². The molecule has 0 bridgehead atoms. The second-order valence-electron chi connectivity index (χ2n) is 3.07. The standard InChI is InChI=1S/C8H17N3O3/c1-10-3-4-11(2)8(14)6(9)5-7(12)13/h6,10H,3-5,9H2,1-2H3,(H,12,13). The summed E-state index contributed by atoms with van der Waals surface area (Å²) >= 11 is 0. The number of nitrogens with zero attached hydrogens (tertiary/aromatic N) is 1. The van der Waals surface area contributed by atoms with Gasteiger partial charge in [-0.2, -0.15) is 0 Å². The normalized spacial score (nSPS) is 12.2. The van der Waals surface area contributed by atoms with Gasteiger partial charge < -0.3 is 21.1 Å². The van der Waals surface area contributed by atoms with Crippen molar-refractivity contribution in [3.05, 3.63) is 0 Å². The molecule has 0 aliphatic heterocycles. The second kappa shape index (κ2) is 6.33. The molecule has 4 N–H and O–H groups in total. The minimum absolute atomic E-state index is 0.331. The molecular weight excluding hydrogens is 186 g/mol. The molecule has 6 heteroatoms. The first kappa shape index (κ1) is 12.9. The molecule has 0 fully saturated rings. The van der Waals surface area contributed by atoms with Crippen molar-refractivity contribution in [2.45, 2.75) is 12.5 Å². The van der Waals surface area contributed by atoms with Crippen LogP contribution in [0.15, 0.2) is 0 Å². The van der Waals surface area contributed by atoms with Crippen LogP contribution in [0.25, 0.3) is 0 Å². The zero-order chi connectivity index (χ0) is 11.1. The summed E-state index contributed by atoms with van der Waals surface area (Å²) < 4.78 is 0. The summed E-state index contributed by atoms with van der Waals surface area (Å²) in [6, 6.07) is -0.950. The van der Waals surface area contributed by atoms with Crippen molar-refractivity contribution in [2.24, 2.45) is 5.73 Å². The lowest BCUT2D eigenvalue weighted by molar-refractivity contribution is -0.141. The number of rotatable bonds is 6. The Morgan fingerprint density at radius 1 is 1.57 bits per heavy atom. The van der Waals surface area contributed by atoms with Crippen molar-refractivity contribution in [1.29, 1.82) is 0 Å². The number of aliphatic carboxylic acids is 1. The highest BCUT2D eigenvalue weighted by atomic mass is 16.4. The third kappa shape index (κ3) is 4.78. The Labute approximate surface area is 83.1 Å². The van der Waals surface area contributed by atoms with E-state index in [4.69, 9.17) is 10.8 Å². The van der Waals surface area contributed by atoms with Gasteiger partial charge in [0, 0.05) is 20.1 Å². The number of likely N-dealkylation sites (N-methyl/N-ethyl adjacent to an activating group) is 2. The van der Waals surface area contributed by atoms with Crippen LogP contribution in [0.5, 0.6) is 0 Å². The molecule has 0 aromatic carbocycles. The Morgan fingerprint density at radius 3 is 2.57 bits per heavy atom. The summed E-state index contributed by atoms with van der Waals surface area (Å²) in [6.45, 7) is 1.17. The molecule has 1 amide bonds. The molecule has 0 radical (unpaired) electrons. The smallest absolute Gasteiger partial charge is 0.305 e. The average molecular weight is 203 g/mol. The topological polar surface area (TPSA) is 95.7 Å². The highest BCUT2D eigenvalue weighted by Gasteiger charge is 2.19. The van der Waals surface area contributed by atoms with Crippen LogP contribution in [0.4, 0.5) is 0 Å². The van der Waals surface area contributed by atoms with Gasteiger partial charge in [0.15, 0.2) is 0 Å². The highest BCUT2D eigenvalue weighted by Crippen LogP contribution is 1.94. The van der Waals surface area contributed by atoms with Crippen LogP contribution >= 0.6 is 0 Å². The number of carboxylic acids is 1. The van der Waals surface area contributed by atoms with Crippen LogP contribution in [0, 0.1) is 0 Å². The zero-order valence-electron chi connectivity index (χ0n) is 8.49. The van der Waals surface area contributed by atoms with Gasteiger partial charge in [-0.1, -0.05) is 0 Å². The lowest BCUT2D eigenvalue weighted by Gasteiger charge is -2.20. The Hall–Kier alpha value is -1.14. The monoisotopic (exact) mass is 203 g/mol. The van der Waals surface area contributed by atoms with E-state index in [1.54, 1.807) is 14.1 Å². The van der Waals surface area contributed by atoms with Crippen molar-refractivity contribution in [3.63, 3.8) is 0 Å². The van der Waals surface area contributed by atoms with Crippen LogP contribution in [0.2, 0.25) is 0 Å². The van der Waals surface area contributed by atoms with Crippen molar-refractivity contribution in [3.8, 4) is 0 Å². The molecule has 14 heavy (non-hydrogen) atoms. The number of hydrogen-bond acceptors (Lipinski definition) is 4. The quantitative estimate of drug-likeness (QED) is 0.486. The van der Waals surface area contributed by atoms with Crippen LogP contribution in [-0.2, 0) is 9.59 Å². The fourth-order valence-electron chi connectivity index (χ4n) is 0.948. The summed E-state index contributed by atoms with van der Waals surface area (Å²) in [7, 11) is 3.37. The minimum Gasteiger partial charge on any atom is -0.481 e. The number of amides is 1. The summed E-state index contributed by atoms with van der Waals surface area (Å²) in [4.78, 5) is 23.1. The molecule has 0 spiro atoms. The molecule has 1 atom stereocenters. The first-order chi connectivity index (χ1) is 6.49. The zero-order valence-corrected chi connectivity index (χ0v) is 8.49. The fourth-order valence-corrected chi connectivity index (χ4v) is 0.948. The van der Waals surface area contributed by atoms with E-state index in [9.17, 15) is 9.59 Å². The molecule has 1 unspecified atom stereocenters. The molecule has 0 rings (SSSR count). The third-order valence-corrected chi connectivity index (χ3v) is 1.79. The van der Waals surface area contributed by atoms with E-state index in [0.717, 1.165) is 0 Å². The van der Waals surface area contributed by atoms with E-state index in [-0.39, 0.29) is 12.3 Å². The van der Waals surface area contributed by atoms with Crippen LogP contribution in [-0.4, -0.2) is 55.1 Å². The first-order valence-electron chi connectivity index (χ1n) is 4.36. The molecule has 82 valence electrons. The van der Waals surface area contributed by atoms with Gasteiger partial charge in [-0.05, 0) is 7.05 Å². The van der Waals surface area contributed by atoms with Gasteiger partial charge >= 0.3 is 5.97 Å². The molecule has 0 aromatic heterocycles.